The Morgan fingerprint density at radius 3 is 2.55 bits per heavy atom. The summed E-state index contributed by atoms with van der Waals surface area (Å²) < 4.78 is 11.1. The molecule has 0 unspecified atom stereocenters. The quantitative estimate of drug-likeness (QED) is 0.298. The van der Waals surface area contributed by atoms with Gasteiger partial charge in [-0.15, -0.1) is 0 Å². The molecule has 4 aromatic rings. The summed E-state index contributed by atoms with van der Waals surface area (Å²) in [7, 11) is 1.63. The Hall–Kier alpha value is -4.19. The first kappa shape index (κ1) is 20.7. The summed E-state index contributed by atoms with van der Waals surface area (Å²) in [4.78, 5) is 17.6. The van der Waals surface area contributed by atoms with Gasteiger partial charge in [0.2, 0.25) is 0 Å². The summed E-state index contributed by atoms with van der Waals surface area (Å²) in [5.41, 5.74) is 5.87. The Balaban J connectivity index is 1.30. The summed E-state index contributed by atoms with van der Waals surface area (Å²) in [6.45, 7) is 0. The number of benzene rings is 3. The molecule has 0 atom stereocenters. The molecule has 33 heavy (non-hydrogen) atoms. The first-order valence-electron chi connectivity index (χ1n) is 10.8. The van der Waals surface area contributed by atoms with Crippen LogP contribution in [0.4, 0.5) is 0 Å². The average molecular weight is 437 g/mol. The van der Waals surface area contributed by atoms with Gasteiger partial charge in [-0.05, 0) is 66.9 Å². The van der Waals surface area contributed by atoms with Crippen LogP contribution < -0.4 is 14.9 Å². The van der Waals surface area contributed by atoms with E-state index in [1.807, 2.05) is 78.9 Å². The van der Waals surface area contributed by atoms with Crippen molar-refractivity contribution in [2.24, 2.45) is 5.10 Å². The van der Waals surface area contributed by atoms with E-state index in [1.54, 1.807) is 13.3 Å². The van der Waals surface area contributed by atoms with E-state index in [1.165, 1.54) is 0 Å². The minimum Gasteiger partial charge on any atom is -0.497 e. The minimum absolute atomic E-state index is 0.252. The van der Waals surface area contributed by atoms with Crippen LogP contribution in [0.25, 0.3) is 10.9 Å². The van der Waals surface area contributed by atoms with Crippen molar-refractivity contribution in [2.45, 2.75) is 18.8 Å². The van der Waals surface area contributed by atoms with Crippen molar-refractivity contribution in [3.05, 3.63) is 95.7 Å². The lowest BCUT2D eigenvalue weighted by Gasteiger charge is -2.08. The molecule has 0 radical (unpaired) electrons. The van der Waals surface area contributed by atoms with E-state index in [9.17, 15) is 4.79 Å². The maximum absolute atomic E-state index is 12.9. The molecule has 1 aliphatic rings. The number of fused-ring (bicyclic) bond motifs is 1. The van der Waals surface area contributed by atoms with Gasteiger partial charge in [0.25, 0.3) is 5.91 Å². The fourth-order valence-electron chi connectivity index (χ4n) is 3.64. The van der Waals surface area contributed by atoms with Crippen molar-refractivity contribution in [1.82, 2.24) is 10.4 Å². The van der Waals surface area contributed by atoms with E-state index in [4.69, 9.17) is 14.5 Å². The normalized spacial score (nSPS) is 13.2. The molecule has 1 aromatic heterocycles. The van der Waals surface area contributed by atoms with Crippen LogP contribution in [0.15, 0.2) is 84.0 Å². The molecule has 6 heteroatoms. The number of hydrazone groups is 1. The first-order chi connectivity index (χ1) is 16.2. The number of methoxy groups -OCH3 is 1. The van der Waals surface area contributed by atoms with Gasteiger partial charge in [-0.25, -0.2) is 5.43 Å². The highest BCUT2D eigenvalue weighted by atomic mass is 16.5. The molecule has 5 rings (SSSR count). The van der Waals surface area contributed by atoms with Crippen LogP contribution in [0.5, 0.6) is 17.2 Å². The van der Waals surface area contributed by atoms with Gasteiger partial charge < -0.3 is 9.47 Å². The standard InChI is InChI=1S/C27H23N3O3/c1-32-20-11-13-21(14-12-20)33-22-6-4-5-18(15-22)17-28-30-27(31)24-16-26(19-9-10-19)29-25-8-3-2-7-23(24)25/h2-8,11-17,19H,9-10H2,1H3,(H,30,31)/b28-17+. The topological polar surface area (TPSA) is 72.8 Å². The number of carbonyl (C=O) groups excluding carboxylic acids is 1. The zero-order valence-electron chi connectivity index (χ0n) is 18.2. The van der Waals surface area contributed by atoms with Gasteiger partial charge in [0.15, 0.2) is 0 Å². The Morgan fingerprint density at radius 1 is 0.970 bits per heavy atom. The van der Waals surface area contributed by atoms with Crippen molar-refractivity contribution in [2.75, 3.05) is 7.11 Å². The SMILES string of the molecule is COc1ccc(Oc2cccc(/C=N/NC(=O)c3cc(C4CC4)nc4ccccc34)c2)cc1. The number of nitrogens with one attached hydrogen (secondary N) is 1. The van der Waals surface area contributed by atoms with E-state index >= 15 is 0 Å². The van der Waals surface area contributed by atoms with Gasteiger partial charge in [0.1, 0.15) is 17.2 Å². The lowest BCUT2D eigenvalue weighted by Crippen LogP contribution is -2.18. The van der Waals surface area contributed by atoms with Crippen LogP contribution in [-0.4, -0.2) is 24.2 Å². The zero-order valence-corrected chi connectivity index (χ0v) is 18.2. The summed E-state index contributed by atoms with van der Waals surface area (Å²) >= 11 is 0. The number of pyridine rings is 1. The first-order valence-corrected chi connectivity index (χ1v) is 10.8. The van der Waals surface area contributed by atoms with Crippen LogP contribution in [0.1, 0.15) is 40.4 Å². The van der Waals surface area contributed by atoms with Gasteiger partial charge in [0, 0.05) is 17.0 Å². The number of hydrogen-bond donors (Lipinski definition) is 1. The summed E-state index contributed by atoms with van der Waals surface area (Å²) in [6, 6.07) is 24.5. The van der Waals surface area contributed by atoms with Crippen molar-refractivity contribution in [3.8, 4) is 17.2 Å². The van der Waals surface area contributed by atoms with Crippen LogP contribution in [0.2, 0.25) is 0 Å². The van der Waals surface area contributed by atoms with Crippen molar-refractivity contribution in [3.63, 3.8) is 0 Å². The average Bonchev–Trinajstić information content (AvgIpc) is 3.70. The van der Waals surface area contributed by atoms with Gasteiger partial charge in [-0.2, -0.15) is 5.10 Å². The van der Waals surface area contributed by atoms with Crippen LogP contribution >= 0.6 is 0 Å². The molecule has 0 saturated heterocycles. The number of para-hydroxylation sites is 1. The van der Waals surface area contributed by atoms with Gasteiger partial charge >= 0.3 is 0 Å². The number of ether oxygens (including phenoxy) is 2. The van der Waals surface area contributed by atoms with Crippen LogP contribution in [-0.2, 0) is 0 Å². The predicted molar refractivity (Wildman–Crippen MR) is 128 cm³/mol. The van der Waals surface area contributed by atoms with Gasteiger partial charge in [-0.3, -0.25) is 9.78 Å². The molecule has 1 amide bonds. The number of aromatic nitrogens is 1. The van der Waals surface area contributed by atoms with E-state index in [2.05, 4.69) is 10.5 Å². The molecule has 1 aliphatic carbocycles. The van der Waals surface area contributed by atoms with Gasteiger partial charge in [0.05, 0.1) is 24.4 Å². The molecule has 1 saturated carbocycles. The number of carbonyl (C=O) groups is 1. The maximum Gasteiger partial charge on any atom is 0.272 e. The maximum atomic E-state index is 12.9. The molecular weight excluding hydrogens is 414 g/mol. The Morgan fingerprint density at radius 2 is 1.76 bits per heavy atom. The molecule has 0 bridgehead atoms. The summed E-state index contributed by atoms with van der Waals surface area (Å²) in [6.07, 6.45) is 3.85. The third-order valence-corrected chi connectivity index (χ3v) is 5.51. The zero-order chi connectivity index (χ0) is 22.6. The molecule has 0 spiro atoms. The van der Waals surface area contributed by atoms with E-state index in [0.717, 1.165) is 40.8 Å². The Kier molecular flexibility index (Phi) is 5.72. The van der Waals surface area contributed by atoms with Crippen molar-refractivity contribution < 1.29 is 14.3 Å². The number of nitrogens with zero attached hydrogens (tertiary/aromatic N) is 2. The molecule has 0 aliphatic heterocycles. The summed E-state index contributed by atoms with van der Waals surface area (Å²) in [5.74, 6) is 2.35. The molecule has 1 N–H and O–H groups in total. The van der Waals surface area contributed by atoms with Crippen molar-refractivity contribution >= 4 is 23.0 Å². The molecule has 1 heterocycles. The molecule has 1 fully saturated rings. The number of rotatable bonds is 7. The minimum atomic E-state index is -0.252. The third-order valence-electron chi connectivity index (χ3n) is 5.51. The molecule has 3 aromatic carbocycles. The monoisotopic (exact) mass is 437 g/mol. The highest BCUT2D eigenvalue weighted by molar-refractivity contribution is 6.06. The Bertz CT molecular complexity index is 1330. The van der Waals surface area contributed by atoms with E-state index in [-0.39, 0.29) is 5.91 Å². The second kappa shape index (κ2) is 9.12. The molecule has 6 nitrogen and oxygen atoms in total. The second-order valence-corrected chi connectivity index (χ2v) is 7.94. The van der Waals surface area contributed by atoms with E-state index in [0.29, 0.717) is 23.0 Å². The molecular formula is C27H23N3O3. The highest BCUT2D eigenvalue weighted by Gasteiger charge is 2.26. The number of hydrogen-bond acceptors (Lipinski definition) is 5. The summed E-state index contributed by atoms with van der Waals surface area (Å²) in [5, 5.41) is 4.99. The number of amides is 1. The second-order valence-electron chi connectivity index (χ2n) is 7.94. The lowest BCUT2D eigenvalue weighted by atomic mass is 10.1. The van der Waals surface area contributed by atoms with Crippen LogP contribution in [0, 0.1) is 0 Å². The fourth-order valence-corrected chi connectivity index (χ4v) is 3.64. The largest absolute Gasteiger partial charge is 0.497 e. The van der Waals surface area contributed by atoms with Crippen molar-refractivity contribution in [1.29, 1.82) is 0 Å². The fraction of sp³-hybridized carbons (Fsp3) is 0.148. The third kappa shape index (κ3) is 4.85. The van der Waals surface area contributed by atoms with Crippen LogP contribution in [0.3, 0.4) is 0 Å². The predicted octanol–water partition coefficient (Wildman–Crippen LogP) is 5.68. The smallest absolute Gasteiger partial charge is 0.272 e. The lowest BCUT2D eigenvalue weighted by molar-refractivity contribution is 0.0956. The van der Waals surface area contributed by atoms with Gasteiger partial charge in [-0.1, -0.05) is 30.3 Å². The van der Waals surface area contributed by atoms with E-state index < -0.39 is 0 Å². The molecule has 164 valence electrons. The highest BCUT2D eigenvalue weighted by Crippen LogP contribution is 2.40. The Labute approximate surface area is 191 Å².